The highest BCUT2D eigenvalue weighted by atomic mass is 16.5. The molecule has 1 unspecified atom stereocenters. The first-order valence-corrected chi connectivity index (χ1v) is 5.19. The molecule has 0 aliphatic carbocycles. The smallest absolute Gasteiger partial charge is 0.0700 e. The third-order valence-electron chi connectivity index (χ3n) is 1.74. The Labute approximate surface area is 86.9 Å². The first-order valence-electron chi connectivity index (χ1n) is 5.19. The minimum absolute atomic E-state index is 0.390. The fourth-order valence-corrected chi connectivity index (χ4v) is 0.975. The van der Waals surface area contributed by atoms with Crippen LogP contribution in [0, 0.1) is 0 Å². The van der Waals surface area contributed by atoms with Gasteiger partial charge in [0.2, 0.25) is 0 Å². The van der Waals surface area contributed by atoms with Gasteiger partial charge in [-0.05, 0) is 13.8 Å². The molecule has 0 aliphatic heterocycles. The highest BCUT2D eigenvalue weighted by Gasteiger charge is 1.99. The normalized spacial score (nSPS) is 13.1. The summed E-state index contributed by atoms with van der Waals surface area (Å²) < 4.78 is 15.4. The molecule has 0 spiro atoms. The summed E-state index contributed by atoms with van der Waals surface area (Å²) in [6.07, 6.45) is 0. The number of rotatable bonds is 10. The van der Waals surface area contributed by atoms with Crippen molar-refractivity contribution in [1.82, 2.24) is 5.32 Å². The van der Waals surface area contributed by atoms with Crippen molar-refractivity contribution < 1.29 is 14.2 Å². The molecular weight excluding hydrogens is 182 g/mol. The maximum Gasteiger partial charge on any atom is 0.0700 e. The van der Waals surface area contributed by atoms with E-state index in [9.17, 15) is 0 Å². The molecule has 0 fully saturated rings. The Bertz CT molecular complexity index is 112. The van der Waals surface area contributed by atoms with Gasteiger partial charge in [0.15, 0.2) is 0 Å². The van der Waals surface area contributed by atoms with Crippen molar-refractivity contribution in [1.29, 1.82) is 0 Å². The van der Waals surface area contributed by atoms with Crippen molar-refractivity contribution in [3.05, 3.63) is 0 Å². The van der Waals surface area contributed by atoms with Crippen molar-refractivity contribution in [2.24, 2.45) is 0 Å². The van der Waals surface area contributed by atoms with Crippen molar-refractivity contribution in [2.45, 2.75) is 19.9 Å². The molecule has 0 saturated carbocycles. The van der Waals surface area contributed by atoms with Crippen LogP contribution in [0.5, 0.6) is 0 Å². The second-order valence-corrected chi connectivity index (χ2v) is 3.12. The molecule has 1 N–H and O–H groups in total. The van der Waals surface area contributed by atoms with Gasteiger partial charge in [-0.15, -0.1) is 0 Å². The molecule has 0 aromatic heterocycles. The van der Waals surface area contributed by atoms with Crippen LogP contribution in [-0.4, -0.2) is 52.7 Å². The van der Waals surface area contributed by atoms with Crippen molar-refractivity contribution in [3.63, 3.8) is 0 Å². The van der Waals surface area contributed by atoms with Crippen LogP contribution in [0.25, 0.3) is 0 Å². The summed E-state index contributed by atoms with van der Waals surface area (Å²) >= 11 is 0. The fraction of sp³-hybridized carbons (Fsp3) is 1.00. The van der Waals surface area contributed by atoms with Crippen LogP contribution in [0.1, 0.15) is 13.8 Å². The minimum atomic E-state index is 0.390. The van der Waals surface area contributed by atoms with Crippen LogP contribution < -0.4 is 5.32 Å². The van der Waals surface area contributed by atoms with E-state index in [0.29, 0.717) is 19.3 Å². The zero-order valence-electron chi connectivity index (χ0n) is 9.54. The van der Waals surface area contributed by atoms with Gasteiger partial charge >= 0.3 is 0 Å². The zero-order valence-corrected chi connectivity index (χ0v) is 9.54. The van der Waals surface area contributed by atoms with Gasteiger partial charge in [0.1, 0.15) is 0 Å². The van der Waals surface area contributed by atoms with Gasteiger partial charge in [0, 0.05) is 26.3 Å². The lowest BCUT2D eigenvalue weighted by molar-refractivity contribution is 0.0683. The van der Waals surface area contributed by atoms with E-state index in [0.717, 1.165) is 26.4 Å². The maximum absolute atomic E-state index is 5.30. The van der Waals surface area contributed by atoms with Crippen molar-refractivity contribution in [2.75, 3.05) is 46.7 Å². The van der Waals surface area contributed by atoms with Crippen molar-refractivity contribution >= 4 is 0 Å². The molecule has 0 heterocycles. The van der Waals surface area contributed by atoms with E-state index in [-0.39, 0.29) is 0 Å². The second kappa shape index (κ2) is 10.9. The third kappa shape index (κ3) is 9.92. The van der Waals surface area contributed by atoms with Gasteiger partial charge in [0.05, 0.1) is 26.4 Å². The van der Waals surface area contributed by atoms with Gasteiger partial charge < -0.3 is 19.5 Å². The average Bonchev–Trinajstić information content (AvgIpc) is 2.20. The molecule has 14 heavy (non-hydrogen) atoms. The van der Waals surface area contributed by atoms with Gasteiger partial charge in [0.25, 0.3) is 0 Å². The highest BCUT2D eigenvalue weighted by molar-refractivity contribution is 4.57. The Hall–Kier alpha value is -0.160. The van der Waals surface area contributed by atoms with Gasteiger partial charge in [-0.3, -0.25) is 0 Å². The van der Waals surface area contributed by atoms with Gasteiger partial charge in [-0.25, -0.2) is 0 Å². The Morgan fingerprint density at radius 2 is 1.93 bits per heavy atom. The number of methoxy groups -OCH3 is 1. The Balaban J connectivity index is 3.02. The lowest BCUT2D eigenvalue weighted by Gasteiger charge is -2.13. The molecule has 0 bridgehead atoms. The molecular formula is C10H23NO3. The topological polar surface area (TPSA) is 39.7 Å². The lowest BCUT2D eigenvalue weighted by Crippen LogP contribution is -2.33. The first kappa shape index (κ1) is 13.8. The number of ether oxygens (including phenoxy) is 3. The van der Waals surface area contributed by atoms with Crippen LogP contribution in [0.2, 0.25) is 0 Å². The average molecular weight is 205 g/mol. The zero-order chi connectivity index (χ0) is 10.6. The molecule has 0 rings (SSSR count). The summed E-state index contributed by atoms with van der Waals surface area (Å²) in [5, 5.41) is 3.30. The molecule has 86 valence electrons. The number of nitrogens with one attached hydrogen (secondary N) is 1. The van der Waals surface area contributed by atoms with E-state index in [1.54, 1.807) is 7.11 Å². The molecule has 1 atom stereocenters. The van der Waals surface area contributed by atoms with Crippen LogP contribution in [0.15, 0.2) is 0 Å². The minimum Gasteiger partial charge on any atom is -0.382 e. The predicted octanol–water partition coefficient (Wildman–Crippen LogP) is 0.664. The fourth-order valence-electron chi connectivity index (χ4n) is 0.975. The van der Waals surface area contributed by atoms with Crippen LogP contribution >= 0.6 is 0 Å². The second-order valence-electron chi connectivity index (χ2n) is 3.12. The Morgan fingerprint density at radius 3 is 2.57 bits per heavy atom. The molecule has 0 aromatic carbocycles. The quantitative estimate of drug-likeness (QED) is 0.532. The Morgan fingerprint density at radius 1 is 1.14 bits per heavy atom. The van der Waals surface area contributed by atoms with Crippen molar-refractivity contribution in [3.8, 4) is 0 Å². The van der Waals surface area contributed by atoms with E-state index in [1.165, 1.54) is 0 Å². The van der Waals surface area contributed by atoms with Crippen LogP contribution in [0.3, 0.4) is 0 Å². The maximum atomic E-state index is 5.30. The van der Waals surface area contributed by atoms with Gasteiger partial charge in [-0.1, -0.05) is 0 Å². The SMILES string of the molecule is CCOCC(C)NCCOCCOC. The van der Waals surface area contributed by atoms with Crippen LogP contribution in [-0.2, 0) is 14.2 Å². The molecule has 0 aliphatic rings. The molecule has 0 saturated heterocycles. The first-order chi connectivity index (χ1) is 6.81. The largest absolute Gasteiger partial charge is 0.382 e. The summed E-state index contributed by atoms with van der Waals surface area (Å²) in [7, 11) is 1.67. The highest BCUT2D eigenvalue weighted by Crippen LogP contribution is 1.84. The summed E-state index contributed by atoms with van der Waals surface area (Å²) in [6, 6.07) is 0.390. The van der Waals surface area contributed by atoms with Gasteiger partial charge in [-0.2, -0.15) is 0 Å². The van der Waals surface area contributed by atoms with E-state index < -0.39 is 0 Å². The predicted molar refractivity (Wildman–Crippen MR) is 56.7 cm³/mol. The van der Waals surface area contributed by atoms with E-state index >= 15 is 0 Å². The number of hydrogen-bond donors (Lipinski definition) is 1. The summed E-state index contributed by atoms with van der Waals surface area (Å²) in [6.45, 7) is 8.54. The molecule has 4 nitrogen and oxygen atoms in total. The summed E-state index contributed by atoms with van der Waals surface area (Å²) in [4.78, 5) is 0. The molecule has 0 radical (unpaired) electrons. The third-order valence-corrected chi connectivity index (χ3v) is 1.74. The Kier molecular flexibility index (Phi) is 10.8. The van der Waals surface area contributed by atoms with E-state index in [1.807, 2.05) is 6.92 Å². The standard InChI is InChI=1S/C10H23NO3/c1-4-13-9-10(2)11-5-6-14-8-7-12-3/h10-11H,4-9H2,1-3H3. The lowest BCUT2D eigenvalue weighted by atomic mass is 10.3. The summed E-state index contributed by atoms with van der Waals surface area (Å²) in [5.74, 6) is 0. The molecule has 4 heteroatoms. The monoisotopic (exact) mass is 205 g/mol. The van der Waals surface area contributed by atoms with E-state index in [2.05, 4.69) is 12.2 Å². The molecule has 0 aromatic rings. The van der Waals surface area contributed by atoms with E-state index in [4.69, 9.17) is 14.2 Å². The summed E-state index contributed by atoms with van der Waals surface area (Å²) in [5.41, 5.74) is 0. The number of hydrogen-bond acceptors (Lipinski definition) is 4. The van der Waals surface area contributed by atoms with Crippen LogP contribution in [0.4, 0.5) is 0 Å². The molecule has 0 amide bonds.